The predicted molar refractivity (Wildman–Crippen MR) is 117 cm³/mol. The van der Waals surface area contributed by atoms with E-state index in [2.05, 4.69) is 21.3 Å². The van der Waals surface area contributed by atoms with Crippen molar-refractivity contribution in [2.24, 2.45) is 0 Å². The number of hydrogen-bond acceptors (Lipinski definition) is 12. The van der Waals surface area contributed by atoms with Crippen LogP contribution in [0.15, 0.2) is 0 Å². The van der Waals surface area contributed by atoms with Crippen LogP contribution < -0.4 is 21.3 Å². The van der Waals surface area contributed by atoms with Crippen LogP contribution in [0.4, 0.5) is 0 Å². The van der Waals surface area contributed by atoms with Crippen LogP contribution in [-0.2, 0) is 0 Å². The van der Waals surface area contributed by atoms with Crippen molar-refractivity contribution in [3.05, 3.63) is 0 Å². The van der Waals surface area contributed by atoms with Gasteiger partial charge in [-0.3, -0.25) is 0 Å². The van der Waals surface area contributed by atoms with Crippen LogP contribution in [0.2, 0.25) is 0 Å². The highest BCUT2D eigenvalue weighted by Crippen LogP contribution is 1.74. The van der Waals surface area contributed by atoms with Crippen molar-refractivity contribution in [3.63, 3.8) is 0 Å². The van der Waals surface area contributed by atoms with Gasteiger partial charge < -0.3 is 62.1 Å². The van der Waals surface area contributed by atoms with Crippen LogP contribution in [-0.4, -0.2) is 146 Å². The molecule has 0 atom stereocenters. The maximum Gasteiger partial charge on any atom is 0.0555 e. The molecule has 0 spiro atoms. The van der Waals surface area contributed by atoms with Gasteiger partial charge in [-0.2, -0.15) is 0 Å². The van der Waals surface area contributed by atoms with Crippen molar-refractivity contribution in [2.75, 3.05) is 105 Å². The van der Waals surface area contributed by atoms with E-state index in [4.69, 9.17) is 40.9 Å². The van der Waals surface area contributed by atoms with Gasteiger partial charge in [0.2, 0.25) is 0 Å². The summed E-state index contributed by atoms with van der Waals surface area (Å²) in [4.78, 5) is 0. The first kappa shape index (κ1) is 36.9. The Kier molecular flexibility index (Phi) is 57.3. The van der Waals surface area contributed by atoms with Crippen LogP contribution in [0.3, 0.4) is 0 Å². The molecule has 0 fully saturated rings. The molecule has 0 aliphatic heterocycles. The lowest BCUT2D eigenvalue weighted by molar-refractivity contribution is 0.266. The average molecular weight is 449 g/mol. The minimum atomic E-state index is 0.139. The zero-order chi connectivity index (χ0) is 23.6. The molecular weight excluding hydrogens is 400 g/mol. The van der Waals surface area contributed by atoms with E-state index in [0.717, 1.165) is 25.9 Å². The zero-order valence-corrected chi connectivity index (χ0v) is 18.3. The molecule has 0 bridgehead atoms. The molecule has 12 N–H and O–H groups in total. The van der Waals surface area contributed by atoms with Crippen LogP contribution in [0.25, 0.3) is 0 Å². The average Bonchev–Trinajstić information content (AvgIpc) is 2.76. The molecule has 0 rings (SSSR count). The predicted octanol–water partition coefficient (Wildman–Crippen LogP) is -4.98. The maximum absolute atomic E-state index is 8.33. The van der Waals surface area contributed by atoms with Crippen LogP contribution in [0.5, 0.6) is 0 Å². The van der Waals surface area contributed by atoms with E-state index in [1.807, 2.05) is 0 Å². The van der Waals surface area contributed by atoms with E-state index in [0.29, 0.717) is 39.3 Å². The van der Waals surface area contributed by atoms with E-state index in [1.165, 1.54) is 0 Å². The smallest absolute Gasteiger partial charge is 0.0555 e. The summed E-state index contributed by atoms with van der Waals surface area (Å²) < 4.78 is 0. The standard InChI is InChI=1S/C6H15NO2.3C4H11NO2/c8-5-1-3-7-4-2-6-9;3*6-3-1-5-2-4-7/h7-9H,1-6H2;3*5-7H,1-4H2. The van der Waals surface area contributed by atoms with Gasteiger partial charge in [0.15, 0.2) is 0 Å². The first-order valence-corrected chi connectivity index (χ1v) is 10.4. The fraction of sp³-hybridized carbons (Fsp3) is 1.00. The maximum atomic E-state index is 8.33. The van der Waals surface area contributed by atoms with Crippen LogP contribution in [0, 0.1) is 0 Å². The van der Waals surface area contributed by atoms with Gasteiger partial charge in [-0.05, 0) is 25.9 Å². The van der Waals surface area contributed by atoms with E-state index >= 15 is 0 Å². The molecule has 188 valence electrons. The van der Waals surface area contributed by atoms with Crippen molar-refractivity contribution in [1.82, 2.24) is 21.3 Å². The summed E-state index contributed by atoms with van der Waals surface area (Å²) in [5.41, 5.74) is 0. The minimum absolute atomic E-state index is 0.139. The van der Waals surface area contributed by atoms with Gasteiger partial charge in [0.1, 0.15) is 0 Å². The molecule has 0 saturated carbocycles. The third kappa shape index (κ3) is 63.1. The van der Waals surface area contributed by atoms with Crippen LogP contribution >= 0.6 is 0 Å². The summed E-state index contributed by atoms with van der Waals surface area (Å²) in [5.74, 6) is 0. The van der Waals surface area contributed by atoms with Gasteiger partial charge in [0.25, 0.3) is 0 Å². The lowest BCUT2D eigenvalue weighted by atomic mass is 10.4. The molecule has 0 heterocycles. The van der Waals surface area contributed by atoms with Gasteiger partial charge in [-0.15, -0.1) is 0 Å². The fourth-order valence-corrected chi connectivity index (χ4v) is 1.38. The largest absolute Gasteiger partial charge is 0.396 e. The molecule has 0 aliphatic rings. The molecule has 0 aromatic carbocycles. The number of rotatable bonds is 18. The summed E-state index contributed by atoms with van der Waals surface area (Å²) >= 11 is 0. The van der Waals surface area contributed by atoms with Crippen molar-refractivity contribution in [3.8, 4) is 0 Å². The van der Waals surface area contributed by atoms with E-state index < -0.39 is 0 Å². The molecular formula is C18H48N4O8. The molecule has 30 heavy (non-hydrogen) atoms. The molecule has 0 unspecified atom stereocenters. The highest BCUT2D eigenvalue weighted by molar-refractivity contribution is 4.45. The topological polar surface area (TPSA) is 210 Å². The van der Waals surface area contributed by atoms with Crippen molar-refractivity contribution in [1.29, 1.82) is 0 Å². The molecule has 12 nitrogen and oxygen atoms in total. The van der Waals surface area contributed by atoms with Crippen LogP contribution in [0.1, 0.15) is 12.8 Å². The second kappa shape index (κ2) is 46.6. The summed E-state index contributed by atoms with van der Waals surface area (Å²) in [7, 11) is 0. The van der Waals surface area contributed by atoms with E-state index in [-0.39, 0.29) is 52.9 Å². The molecule has 0 radical (unpaired) electrons. The molecule has 0 aliphatic carbocycles. The minimum Gasteiger partial charge on any atom is -0.396 e. The monoisotopic (exact) mass is 448 g/mol. The molecule has 0 aromatic rings. The number of aliphatic hydroxyl groups is 8. The first-order valence-electron chi connectivity index (χ1n) is 10.4. The fourth-order valence-electron chi connectivity index (χ4n) is 1.38. The zero-order valence-electron chi connectivity index (χ0n) is 18.3. The second-order valence-corrected chi connectivity index (χ2v) is 5.50. The Morgan fingerprint density at radius 3 is 0.633 bits per heavy atom. The highest BCUT2D eigenvalue weighted by Gasteiger charge is 1.84. The van der Waals surface area contributed by atoms with Gasteiger partial charge in [0, 0.05) is 52.5 Å². The lowest BCUT2D eigenvalue weighted by Gasteiger charge is -1.99. The van der Waals surface area contributed by atoms with E-state index in [1.54, 1.807) is 0 Å². The van der Waals surface area contributed by atoms with E-state index in [9.17, 15) is 0 Å². The summed E-state index contributed by atoms with van der Waals surface area (Å²) in [6, 6.07) is 0. The lowest BCUT2D eigenvalue weighted by Crippen LogP contribution is -2.21. The first-order chi connectivity index (χ1) is 14.7. The Bertz CT molecular complexity index is 195. The van der Waals surface area contributed by atoms with Gasteiger partial charge in [0.05, 0.1) is 39.6 Å². The molecule has 12 heteroatoms. The van der Waals surface area contributed by atoms with Gasteiger partial charge >= 0.3 is 0 Å². The SMILES string of the molecule is OCCCNCCCO.OCCNCCO.OCCNCCO.OCCNCCO. The summed E-state index contributed by atoms with van der Waals surface area (Å²) in [5, 5.41) is 77.0. The Morgan fingerprint density at radius 2 is 0.467 bits per heavy atom. The number of aliphatic hydroxyl groups excluding tert-OH is 8. The van der Waals surface area contributed by atoms with Crippen molar-refractivity contribution in [2.45, 2.75) is 12.8 Å². The molecule has 0 saturated heterocycles. The quantitative estimate of drug-likeness (QED) is 0.0889. The summed E-state index contributed by atoms with van der Waals surface area (Å²) in [6.45, 7) is 6.43. The third-order valence-electron chi connectivity index (χ3n) is 2.75. The molecule has 0 amide bonds. The number of hydrogen-bond donors (Lipinski definition) is 12. The van der Waals surface area contributed by atoms with Crippen molar-refractivity contribution < 1.29 is 40.9 Å². The third-order valence-corrected chi connectivity index (χ3v) is 2.75. The highest BCUT2D eigenvalue weighted by atomic mass is 16.3. The van der Waals surface area contributed by atoms with Crippen molar-refractivity contribution >= 4 is 0 Å². The Morgan fingerprint density at radius 1 is 0.267 bits per heavy atom. The summed E-state index contributed by atoms with van der Waals surface area (Å²) in [6.07, 6.45) is 1.59. The Hall–Kier alpha value is -0.480. The van der Waals surface area contributed by atoms with Gasteiger partial charge in [-0.1, -0.05) is 0 Å². The Labute approximate surface area is 181 Å². The van der Waals surface area contributed by atoms with Gasteiger partial charge in [-0.25, -0.2) is 0 Å². The molecule has 0 aromatic heterocycles. The number of nitrogens with one attached hydrogen (secondary N) is 4. The normalized spacial score (nSPS) is 9.60. The second-order valence-electron chi connectivity index (χ2n) is 5.50. The Balaban J connectivity index is -0.000000151.